The number of benzene rings is 1. The Hall–Kier alpha value is -2.38. The fourth-order valence-corrected chi connectivity index (χ4v) is 4.08. The largest absolute Gasteiger partial charge is 0.376 e. The molecule has 0 spiro atoms. The molecule has 0 radical (unpaired) electrons. The number of ether oxygens (including phenoxy) is 1. The van der Waals surface area contributed by atoms with Gasteiger partial charge in [-0.1, -0.05) is 17.7 Å². The second kappa shape index (κ2) is 8.97. The molecule has 29 heavy (non-hydrogen) atoms. The highest BCUT2D eigenvalue weighted by atomic mass is 35.5. The first-order valence-corrected chi connectivity index (χ1v) is 10.5. The summed E-state index contributed by atoms with van der Waals surface area (Å²) in [6, 6.07) is 10.3. The van der Waals surface area contributed by atoms with Crippen molar-refractivity contribution in [1.29, 1.82) is 0 Å². The molecule has 0 unspecified atom stereocenters. The highest BCUT2D eigenvalue weighted by molar-refractivity contribution is 6.30. The molecule has 3 heterocycles. The molecule has 2 aromatic rings. The molecule has 2 aliphatic heterocycles. The van der Waals surface area contributed by atoms with Gasteiger partial charge >= 0.3 is 0 Å². The molecule has 1 N–H and O–H groups in total. The zero-order valence-electron chi connectivity index (χ0n) is 16.2. The van der Waals surface area contributed by atoms with Crippen LogP contribution in [0.4, 0.5) is 5.82 Å². The van der Waals surface area contributed by atoms with E-state index in [1.165, 1.54) is 10.7 Å². The lowest BCUT2D eigenvalue weighted by Crippen LogP contribution is -2.43. The lowest BCUT2D eigenvalue weighted by molar-refractivity contribution is -0.126. The van der Waals surface area contributed by atoms with Crippen LogP contribution in [-0.4, -0.2) is 48.0 Å². The SMILES string of the molecule is O=C(NC[C@H]1CCCO1)C1CCN(c2ccc(=O)n(-c3cccc(Cl)c3)n2)CC1. The van der Waals surface area contributed by atoms with Crippen molar-refractivity contribution < 1.29 is 9.53 Å². The van der Waals surface area contributed by atoms with Crippen LogP contribution in [0.5, 0.6) is 0 Å². The van der Waals surface area contributed by atoms with E-state index in [-0.39, 0.29) is 23.5 Å². The Bertz CT molecular complexity index is 918. The Balaban J connectivity index is 1.37. The molecule has 0 aliphatic carbocycles. The second-order valence-corrected chi connectivity index (χ2v) is 8.00. The number of halogens is 1. The number of amides is 1. The third-order valence-corrected chi connectivity index (χ3v) is 5.79. The molecule has 0 saturated carbocycles. The molecular weight excluding hydrogens is 392 g/mol. The fourth-order valence-electron chi connectivity index (χ4n) is 3.90. The normalized spacial score (nSPS) is 20.0. The van der Waals surface area contributed by atoms with Gasteiger partial charge in [0.05, 0.1) is 11.8 Å². The van der Waals surface area contributed by atoms with Crippen LogP contribution < -0.4 is 15.8 Å². The zero-order valence-corrected chi connectivity index (χ0v) is 17.0. The van der Waals surface area contributed by atoms with E-state index in [1.807, 2.05) is 0 Å². The lowest BCUT2D eigenvalue weighted by Gasteiger charge is -2.32. The Kier molecular flexibility index (Phi) is 6.16. The Morgan fingerprint density at radius 2 is 2.03 bits per heavy atom. The number of hydrogen-bond acceptors (Lipinski definition) is 5. The molecule has 1 amide bonds. The third kappa shape index (κ3) is 4.79. The summed E-state index contributed by atoms with van der Waals surface area (Å²) in [6.07, 6.45) is 3.77. The number of carbonyl (C=O) groups is 1. The summed E-state index contributed by atoms with van der Waals surface area (Å²) >= 11 is 6.05. The van der Waals surface area contributed by atoms with Gasteiger partial charge in [-0.2, -0.15) is 4.68 Å². The predicted octanol–water partition coefficient (Wildman–Crippen LogP) is 2.40. The van der Waals surface area contributed by atoms with Gasteiger partial charge in [-0.15, -0.1) is 5.10 Å². The quantitative estimate of drug-likeness (QED) is 0.809. The van der Waals surface area contributed by atoms with E-state index in [2.05, 4.69) is 15.3 Å². The summed E-state index contributed by atoms with van der Waals surface area (Å²) < 4.78 is 6.93. The molecule has 1 aromatic carbocycles. The van der Waals surface area contributed by atoms with Crippen molar-refractivity contribution in [3.63, 3.8) is 0 Å². The van der Waals surface area contributed by atoms with E-state index >= 15 is 0 Å². The van der Waals surface area contributed by atoms with Gasteiger partial charge in [-0.3, -0.25) is 9.59 Å². The summed E-state index contributed by atoms with van der Waals surface area (Å²) in [4.78, 5) is 26.8. The van der Waals surface area contributed by atoms with Crippen molar-refractivity contribution in [1.82, 2.24) is 15.1 Å². The van der Waals surface area contributed by atoms with Gasteiger partial charge in [-0.25, -0.2) is 0 Å². The number of hydrogen-bond donors (Lipinski definition) is 1. The van der Waals surface area contributed by atoms with Crippen LogP contribution in [0.2, 0.25) is 5.02 Å². The summed E-state index contributed by atoms with van der Waals surface area (Å²) in [5.74, 6) is 0.839. The number of anilines is 1. The van der Waals surface area contributed by atoms with E-state index < -0.39 is 0 Å². The fraction of sp³-hybridized carbons (Fsp3) is 0.476. The molecule has 2 aliphatic rings. The topological polar surface area (TPSA) is 76.5 Å². The predicted molar refractivity (Wildman–Crippen MR) is 112 cm³/mol. The highest BCUT2D eigenvalue weighted by Crippen LogP contribution is 2.22. The van der Waals surface area contributed by atoms with Crippen molar-refractivity contribution >= 4 is 23.3 Å². The second-order valence-electron chi connectivity index (χ2n) is 7.56. The van der Waals surface area contributed by atoms with Crippen molar-refractivity contribution in [3.05, 3.63) is 51.8 Å². The maximum Gasteiger partial charge on any atom is 0.271 e. The van der Waals surface area contributed by atoms with Gasteiger partial charge in [0.15, 0.2) is 0 Å². The van der Waals surface area contributed by atoms with Gasteiger partial charge in [0, 0.05) is 43.2 Å². The molecule has 1 aromatic heterocycles. The number of rotatable bonds is 5. The highest BCUT2D eigenvalue weighted by Gasteiger charge is 2.27. The number of piperidine rings is 1. The molecular formula is C21H25ClN4O3. The number of nitrogens with one attached hydrogen (secondary N) is 1. The standard InChI is InChI=1S/C21H25ClN4O3/c22-16-3-1-4-17(13-16)26-20(27)7-6-19(24-26)25-10-8-15(9-11-25)21(28)23-14-18-5-2-12-29-18/h1,3-4,6-7,13,15,18H,2,5,8-12,14H2,(H,23,28)/t18-/m1/s1. The van der Waals surface area contributed by atoms with E-state index in [0.29, 0.717) is 17.3 Å². The van der Waals surface area contributed by atoms with Crippen LogP contribution in [0.1, 0.15) is 25.7 Å². The van der Waals surface area contributed by atoms with Crippen molar-refractivity contribution in [2.45, 2.75) is 31.8 Å². The molecule has 7 nitrogen and oxygen atoms in total. The first kappa shape index (κ1) is 19.9. The molecule has 8 heteroatoms. The van der Waals surface area contributed by atoms with Crippen LogP contribution in [0.15, 0.2) is 41.2 Å². The lowest BCUT2D eigenvalue weighted by atomic mass is 9.96. The van der Waals surface area contributed by atoms with Crippen molar-refractivity contribution in [2.75, 3.05) is 31.1 Å². The summed E-state index contributed by atoms with van der Waals surface area (Å²) in [5, 5.41) is 8.11. The van der Waals surface area contributed by atoms with Gasteiger partial charge in [0.2, 0.25) is 5.91 Å². The molecule has 1 atom stereocenters. The van der Waals surface area contributed by atoms with E-state index in [0.717, 1.165) is 51.2 Å². The summed E-state index contributed by atoms with van der Waals surface area (Å²) in [5.41, 5.74) is 0.423. The third-order valence-electron chi connectivity index (χ3n) is 5.56. The van der Waals surface area contributed by atoms with Crippen molar-refractivity contribution in [2.24, 2.45) is 5.92 Å². The van der Waals surface area contributed by atoms with Crippen LogP contribution in [0, 0.1) is 5.92 Å². The minimum absolute atomic E-state index is 0.00601. The number of aromatic nitrogens is 2. The maximum atomic E-state index is 12.5. The van der Waals surface area contributed by atoms with Gasteiger partial charge in [0.1, 0.15) is 5.82 Å². The monoisotopic (exact) mass is 416 g/mol. The Morgan fingerprint density at radius 3 is 2.76 bits per heavy atom. The van der Waals surface area contributed by atoms with Crippen LogP contribution >= 0.6 is 11.6 Å². The average Bonchev–Trinajstić information content (AvgIpc) is 3.26. The molecule has 4 rings (SSSR count). The van der Waals surface area contributed by atoms with Gasteiger partial charge in [-0.05, 0) is 49.9 Å². The summed E-state index contributed by atoms with van der Waals surface area (Å²) in [7, 11) is 0. The van der Waals surface area contributed by atoms with E-state index in [1.54, 1.807) is 30.3 Å². The van der Waals surface area contributed by atoms with Crippen molar-refractivity contribution in [3.8, 4) is 5.69 Å². The molecule has 154 valence electrons. The first-order chi connectivity index (χ1) is 14.1. The summed E-state index contributed by atoms with van der Waals surface area (Å²) in [6.45, 7) is 2.84. The number of nitrogens with zero attached hydrogens (tertiary/aromatic N) is 3. The minimum atomic E-state index is -0.209. The van der Waals surface area contributed by atoms with E-state index in [9.17, 15) is 9.59 Å². The first-order valence-electron chi connectivity index (χ1n) is 10.1. The molecule has 0 bridgehead atoms. The minimum Gasteiger partial charge on any atom is -0.376 e. The van der Waals surface area contributed by atoms with Gasteiger partial charge in [0.25, 0.3) is 5.56 Å². The van der Waals surface area contributed by atoms with Crippen LogP contribution in [0.3, 0.4) is 0 Å². The zero-order chi connectivity index (χ0) is 20.2. The Labute approximate surface area is 174 Å². The number of carbonyl (C=O) groups excluding carboxylic acids is 1. The van der Waals surface area contributed by atoms with Gasteiger partial charge < -0.3 is 15.0 Å². The molecule has 2 saturated heterocycles. The average molecular weight is 417 g/mol. The maximum absolute atomic E-state index is 12.5. The smallest absolute Gasteiger partial charge is 0.271 e. The molecule has 2 fully saturated rings. The van der Waals surface area contributed by atoms with E-state index in [4.69, 9.17) is 16.3 Å². The Morgan fingerprint density at radius 1 is 1.21 bits per heavy atom. The van der Waals surface area contributed by atoms with Crippen LogP contribution in [0.25, 0.3) is 5.69 Å². The van der Waals surface area contributed by atoms with Crippen LogP contribution in [-0.2, 0) is 9.53 Å².